The molecule has 1 aliphatic rings. The number of rotatable bonds is 7. The Morgan fingerprint density at radius 1 is 1.09 bits per heavy atom. The fraction of sp³-hybridized carbons (Fsp3) is 0.556. The second-order valence-electron chi connectivity index (χ2n) is 5.85. The van der Waals surface area contributed by atoms with Crippen molar-refractivity contribution in [2.45, 2.75) is 39.0 Å². The average molecular weight is 339 g/mol. The first-order chi connectivity index (χ1) is 10.7. The van der Waals surface area contributed by atoms with Gasteiger partial charge in [0.05, 0.1) is 0 Å². The highest BCUT2D eigenvalue weighted by Gasteiger charge is 2.17. The molecule has 2 rings (SSSR count). The molecule has 1 aromatic carbocycles. The highest BCUT2D eigenvalue weighted by atomic mass is 35.5. The highest BCUT2D eigenvalue weighted by Crippen LogP contribution is 2.11. The minimum absolute atomic E-state index is 0. The van der Waals surface area contributed by atoms with Crippen LogP contribution in [0.4, 0.5) is 0 Å². The molecule has 128 valence electrons. The summed E-state index contributed by atoms with van der Waals surface area (Å²) in [6.45, 7) is 5.36. The Morgan fingerprint density at radius 2 is 1.74 bits per heavy atom. The minimum atomic E-state index is 0. The van der Waals surface area contributed by atoms with Gasteiger partial charge in [-0.25, -0.2) is 0 Å². The molecule has 1 N–H and O–H groups in total. The van der Waals surface area contributed by atoms with Gasteiger partial charge >= 0.3 is 0 Å². The number of hydrogen-bond donors (Lipinski definition) is 1. The van der Waals surface area contributed by atoms with Gasteiger partial charge in [0.15, 0.2) is 5.78 Å². The fourth-order valence-corrected chi connectivity index (χ4v) is 2.68. The summed E-state index contributed by atoms with van der Waals surface area (Å²) in [6.07, 6.45) is 4.03. The Labute approximate surface area is 145 Å². The van der Waals surface area contributed by atoms with E-state index in [9.17, 15) is 9.59 Å². The van der Waals surface area contributed by atoms with E-state index < -0.39 is 0 Å². The third-order valence-corrected chi connectivity index (χ3v) is 4.13. The van der Waals surface area contributed by atoms with Crippen molar-refractivity contribution < 1.29 is 9.59 Å². The first kappa shape index (κ1) is 19.7. The third kappa shape index (κ3) is 6.32. The van der Waals surface area contributed by atoms with Crippen LogP contribution in [0.2, 0.25) is 0 Å². The van der Waals surface area contributed by atoms with E-state index in [-0.39, 0.29) is 24.1 Å². The molecule has 1 aromatic rings. The summed E-state index contributed by atoms with van der Waals surface area (Å²) in [4.78, 5) is 26.1. The Bertz CT molecular complexity index is 496. The fourth-order valence-electron chi connectivity index (χ4n) is 2.68. The molecule has 1 heterocycles. The molecule has 5 heteroatoms. The van der Waals surface area contributed by atoms with Crippen molar-refractivity contribution in [3.63, 3.8) is 0 Å². The molecule has 1 aliphatic heterocycles. The first-order valence-electron chi connectivity index (χ1n) is 8.31. The molecule has 4 nitrogen and oxygen atoms in total. The predicted molar refractivity (Wildman–Crippen MR) is 95.3 cm³/mol. The average Bonchev–Trinajstić information content (AvgIpc) is 2.58. The van der Waals surface area contributed by atoms with Gasteiger partial charge in [-0.3, -0.25) is 9.59 Å². The maximum absolute atomic E-state index is 12.2. The van der Waals surface area contributed by atoms with E-state index in [1.807, 2.05) is 29.2 Å². The molecule has 1 saturated heterocycles. The van der Waals surface area contributed by atoms with Crippen molar-refractivity contribution in [3.8, 4) is 0 Å². The zero-order chi connectivity index (χ0) is 15.8. The van der Waals surface area contributed by atoms with Crippen LogP contribution in [-0.4, -0.2) is 42.8 Å². The number of Topliss-reactive ketones (excluding diaryl/α,β-unsaturated/α-hetero) is 1. The number of aryl methyl sites for hydroxylation is 1. The monoisotopic (exact) mass is 338 g/mol. The van der Waals surface area contributed by atoms with Gasteiger partial charge in [-0.15, -0.1) is 12.4 Å². The van der Waals surface area contributed by atoms with E-state index in [1.54, 1.807) is 0 Å². The van der Waals surface area contributed by atoms with Gasteiger partial charge < -0.3 is 10.2 Å². The van der Waals surface area contributed by atoms with Crippen LogP contribution >= 0.6 is 12.4 Å². The molecule has 23 heavy (non-hydrogen) atoms. The molecule has 0 atom stereocenters. The van der Waals surface area contributed by atoms with Crippen LogP contribution in [0.25, 0.3) is 0 Å². The van der Waals surface area contributed by atoms with E-state index in [0.717, 1.165) is 32.6 Å². The number of hydrogen-bond acceptors (Lipinski definition) is 3. The lowest BCUT2D eigenvalue weighted by molar-refractivity contribution is -0.131. The molecule has 0 unspecified atom stereocenters. The molecular formula is C18H27ClN2O2. The Morgan fingerprint density at radius 3 is 2.35 bits per heavy atom. The summed E-state index contributed by atoms with van der Waals surface area (Å²) in [5.74, 6) is 0.153. The van der Waals surface area contributed by atoms with Gasteiger partial charge in [0.2, 0.25) is 5.91 Å². The van der Waals surface area contributed by atoms with Gasteiger partial charge in [-0.1, -0.05) is 37.6 Å². The van der Waals surface area contributed by atoms with Gasteiger partial charge in [0.25, 0.3) is 0 Å². The maximum Gasteiger partial charge on any atom is 0.223 e. The van der Waals surface area contributed by atoms with Gasteiger partial charge in [-0.2, -0.15) is 0 Å². The predicted octanol–water partition coefficient (Wildman–Crippen LogP) is 2.85. The Kier molecular flexibility index (Phi) is 8.89. The minimum Gasteiger partial charge on any atom is -0.340 e. The number of benzene rings is 1. The van der Waals surface area contributed by atoms with Crippen LogP contribution in [0.1, 0.15) is 48.5 Å². The summed E-state index contributed by atoms with van der Waals surface area (Å²) >= 11 is 0. The van der Waals surface area contributed by atoms with E-state index in [1.165, 1.54) is 18.4 Å². The van der Waals surface area contributed by atoms with Crippen LogP contribution < -0.4 is 5.32 Å². The summed E-state index contributed by atoms with van der Waals surface area (Å²) in [6, 6.07) is 7.84. The Hall–Kier alpha value is -1.39. The van der Waals surface area contributed by atoms with Crippen molar-refractivity contribution in [2.24, 2.45) is 0 Å². The number of carbonyl (C=O) groups excluding carboxylic acids is 2. The number of amides is 1. The van der Waals surface area contributed by atoms with E-state index in [0.29, 0.717) is 18.4 Å². The number of halogens is 1. The molecule has 0 aromatic heterocycles. The van der Waals surface area contributed by atoms with Crippen molar-refractivity contribution >= 4 is 24.1 Å². The van der Waals surface area contributed by atoms with Crippen molar-refractivity contribution in [3.05, 3.63) is 35.4 Å². The summed E-state index contributed by atoms with van der Waals surface area (Å²) in [5, 5.41) is 3.22. The number of ketones is 1. The molecule has 1 fully saturated rings. The summed E-state index contributed by atoms with van der Waals surface area (Å²) < 4.78 is 0. The number of piperazine rings is 1. The normalized spacial score (nSPS) is 14.2. The molecule has 0 bridgehead atoms. The standard InChI is InChI=1S/C18H26N2O2.ClH/c1-2-3-4-15-5-7-16(8-6-15)17(21)9-10-18(22)20-13-11-19-12-14-20;/h5-8,19H,2-4,9-14H2,1H3;1H. The maximum atomic E-state index is 12.2. The molecule has 0 saturated carbocycles. The second-order valence-corrected chi connectivity index (χ2v) is 5.85. The lowest BCUT2D eigenvalue weighted by Crippen LogP contribution is -2.46. The second kappa shape index (κ2) is 10.4. The lowest BCUT2D eigenvalue weighted by atomic mass is 10.0. The zero-order valence-corrected chi connectivity index (χ0v) is 14.7. The summed E-state index contributed by atoms with van der Waals surface area (Å²) in [5.41, 5.74) is 1.99. The van der Waals surface area contributed by atoms with Crippen LogP contribution in [0.5, 0.6) is 0 Å². The highest BCUT2D eigenvalue weighted by molar-refractivity contribution is 5.98. The third-order valence-electron chi connectivity index (χ3n) is 4.13. The van der Waals surface area contributed by atoms with Gasteiger partial charge in [0.1, 0.15) is 0 Å². The van der Waals surface area contributed by atoms with E-state index >= 15 is 0 Å². The van der Waals surface area contributed by atoms with Crippen molar-refractivity contribution in [1.29, 1.82) is 0 Å². The molecule has 0 spiro atoms. The molecule has 0 aliphatic carbocycles. The lowest BCUT2D eigenvalue weighted by Gasteiger charge is -2.27. The van der Waals surface area contributed by atoms with Crippen LogP contribution in [0, 0.1) is 0 Å². The molecule has 0 radical (unpaired) electrons. The molecular weight excluding hydrogens is 312 g/mol. The number of nitrogens with one attached hydrogen (secondary N) is 1. The zero-order valence-electron chi connectivity index (χ0n) is 13.8. The quantitative estimate of drug-likeness (QED) is 0.778. The SMILES string of the molecule is CCCCc1ccc(C(=O)CCC(=O)N2CCNCC2)cc1.Cl. The number of carbonyl (C=O) groups is 2. The topological polar surface area (TPSA) is 49.4 Å². The van der Waals surface area contributed by atoms with Gasteiger partial charge in [0, 0.05) is 44.6 Å². The van der Waals surface area contributed by atoms with E-state index in [2.05, 4.69) is 12.2 Å². The van der Waals surface area contributed by atoms with Crippen LogP contribution in [0.15, 0.2) is 24.3 Å². The van der Waals surface area contributed by atoms with E-state index in [4.69, 9.17) is 0 Å². The first-order valence-corrected chi connectivity index (χ1v) is 8.31. The van der Waals surface area contributed by atoms with Crippen LogP contribution in [-0.2, 0) is 11.2 Å². The Balaban J connectivity index is 0.00000264. The van der Waals surface area contributed by atoms with Crippen molar-refractivity contribution in [2.75, 3.05) is 26.2 Å². The van der Waals surface area contributed by atoms with Crippen LogP contribution in [0.3, 0.4) is 0 Å². The summed E-state index contributed by atoms with van der Waals surface area (Å²) in [7, 11) is 0. The van der Waals surface area contributed by atoms with Gasteiger partial charge in [-0.05, 0) is 18.4 Å². The number of nitrogens with zero attached hydrogens (tertiary/aromatic N) is 1. The molecule has 1 amide bonds. The smallest absolute Gasteiger partial charge is 0.223 e. The van der Waals surface area contributed by atoms with Crippen molar-refractivity contribution in [1.82, 2.24) is 10.2 Å². The largest absolute Gasteiger partial charge is 0.340 e. The number of unbranched alkanes of at least 4 members (excludes halogenated alkanes) is 1.